The first-order valence-corrected chi connectivity index (χ1v) is 12.4. The summed E-state index contributed by atoms with van der Waals surface area (Å²) in [6.45, 7) is 8.78. The van der Waals surface area contributed by atoms with E-state index in [4.69, 9.17) is 0 Å². The van der Waals surface area contributed by atoms with Gasteiger partial charge in [0, 0.05) is 0 Å². The fourth-order valence-electron chi connectivity index (χ4n) is 1.36. The SMILES string of the molecule is CCCCOP(=O)([O-])OCCCC.CCCCOP(=O)([O-])OCCCC.[Co+2]. The molecule has 11 heteroatoms. The molecule has 0 amide bonds. The average Bonchev–Trinajstić information content (AvgIpc) is 2.56. The van der Waals surface area contributed by atoms with Crippen molar-refractivity contribution in [1.29, 1.82) is 0 Å². The quantitative estimate of drug-likeness (QED) is 0.240. The van der Waals surface area contributed by atoms with Gasteiger partial charge in [0.25, 0.3) is 15.6 Å². The van der Waals surface area contributed by atoms with Crippen molar-refractivity contribution >= 4 is 15.6 Å². The summed E-state index contributed by atoms with van der Waals surface area (Å²) < 4.78 is 40.3. The van der Waals surface area contributed by atoms with E-state index in [2.05, 4.69) is 18.1 Å². The minimum atomic E-state index is -4.00. The second-order valence-corrected chi connectivity index (χ2v) is 8.46. The molecule has 0 fully saturated rings. The summed E-state index contributed by atoms with van der Waals surface area (Å²) in [5, 5.41) is 0. The van der Waals surface area contributed by atoms with Crippen LogP contribution < -0.4 is 9.79 Å². The van der Waals surface area contributed by atoms with Crippen LogP contribution in [0.1, 0.15) is 79.1 Å². The van der Waals surface area contributed by atoms with E-state index in [1.807, 2.05) is 27.7 Å². The molecule has 167 valence electrons. The summed E-state index contributed by atoms with van der Waals surface area (Å²) >= 11 is 0. The Morgan fingerprint density at radius 3 is 0.889 bits per heavy atom. The zero-order chi connectivity index (χ0) is 20.3. The van der Waals surface area contributed by atoms with Gasteiger partial charge in [-0.1, -0.05) is 53.4 Å². The summed E-state index contributed by atoms with van der Waals surface area (Å²) in [7, 11) is -8.00. The first-order valence-electron chi connectivity index (χ1n) is 9.44. The van der Waals surface area contributed by atoms with E-state index in [1.54, 1.807) is 0 Å². The zero-order valence-electron chi connectivity index (χ0n) is 17.0. The Kier molecular flexibility index (Phi) is 25.7. The molecule has 0 aromatic carbocycles. The van der Waals surface area contributed by atoms with Crippen LogP contribution >= 0.6 is 15.6 Å². The molecule has 0 atom stereocenters. The van der Waals surface area contributed by atoms with Gasteiger partial charge in [0.1, 0.15) is 0 Å². The molecule has 0 bridgehead atoms. The van der Waals surface area contributed by atoms with Crippen LogP contribution in [-0.2, 0) is 44.0 Å². The van der Waals surface area contributed by atoms with Crippen LogP contribution in [0, 0.1) is 0 Å². The molecule has 0 heterocycles. The molecule has 0 aromatic heterocycles. The molecule has 0 aliphatic carbocycles. The molecule has 0 saturated heterocycles. The third kappa shape index (κ3) is 26.7. The van der Waals surface area contributed by atoms with E-state index in [0.717, 1.165) is 51.4 Å². The van der Waals surface area contributed by atoms with Gasteiger partial charge in [-0.25, -0.2) is 0 Å². The third-order valence-electron chi connectivity index (χ3n) is 2.99. The van der Waals surface area contributed by atoms with Crippen LogP contribution in [0.5, 0.6) is 0 Å². The van der Waals surface area contributed by atoms with E-state index < -0.39 is 15.6 Å². The van der Waals surface area contributed by atoms with E-state index in [-0.39, 0.29) is 43.2 Å². The number of unbranched alkanes of at least 4 members (excludes halogenated alkanes) is 4. The Morgan fingerprint density at radius 2 is 0.741 bits per heavy atom. The van der Waals surface area contributed by atoms with Crippen molar-refractivity contribution in [2.24, 2.45) is 0 Å². The first kappa shape index (κ1) is 32.4. The van der Waals surface area contributed by atoms with Crippen LogP contribution in [-0.4, -0.2) is 26.4 Å². The van der Waals surface area contributed by atoms with Crippen molar-refractivity contribution in [2.45, 2.75) is 79.1 Å². The van der Waals surface area contributed by atoms with Crippen molar-refractivity contribution in [1.82, 2.24) is 0 Å². The second-order valence-electron chi connectivity index (χ2n) is 5.64. The molecule has 0 aromatic rings. The van der Waals surface area contributed by atoms with Crippen LogP contribution in [0.4, 0.5) is 0 Å². The standard InChI is InChI=1S/2C8H19O4P.Co/c2*1-3-5-7-11-13(9,10)12-8-6-4-2;/h2*3-8H2,1-2H3,(H,9,10);/q;;+2/p-2. The molecule has 1 radical (unpaired) electrons. The van der Waals surface area contributed by atoms with Crippen molar-refractivity contribution in [3.63, 3.8) is 0 Å². The maximum atomic E-state index is 11.0. The minimum Gasteiger partial charge on any atom is -0.756 e. The summed E-state index contributed by atoms with van der Waals surface area (Å²) in [5.41, 5.74) is 0. The van der Waals surface area contributed by atoms with Gasteiger partial charge in [-0.05, 0) is 25.7 Å². The summed E-state index contributed by atoms with van der Waals surface area (Å²) in [4.78, 5) is 21.9. The number of hydrogen-bond acceptors (Lipinski definition) is 8. The monoisotopic (exact) mass is 477 g/mol. The Balaban J connectivity index is -0.000000411. The predicted molar refractivity (Wildman–Crippen MR) is 98.7 cm³/mol. The van der Waals surface area contributed by atoms with Crippen molar-refractivity contribution in [3.05, 3.63) is 0 Å². The van der Waals surface area contributed by atoms with Crippen LogP contribution in [0.15, 0.2) is 0 Å². The van der Waals surface area contributed by atoms with Crippen molar-refractivity contribution in [2.75, 3.05) is 26.4 Å². The summed E-state index contributed by atoms with van der Waals surface area (Å²) in [5.74, 6) is 0. The third-order valence-corrected chi connectivity index (χ3v) is 4.98. The second kappa shape index (κ2) is 21.4. The fraction of sp³-hybridized carbons (Fsp3) is 1.00. The zero-order valence-corrected chi connectivity index (χ0v) is 19.8. The Hall–Kier alpha value is 0.726. The maximum Gasteiger partial charge on any atom is 2.00 e. The molecule has 0 rings (SSSR count). The molecule has 8 nitrogen and oxygen atoms in total. The van der Waals surface area contributed by atoms with Crippen LogP contribution in [0.2, 0.25) is 0 Å². The Bertz CT molecular complexity index is 335. The summed E-state index contributed by atoms with van der Waals surface area (Å²) in [6.07, 6.45) is 6.60. The molecule has 0 spiro atoms. The first-order chi connectivity index (χ1) is 12.2. The molecule has 0 aliphatic rings. The molecule has 0 aliphatic heterocycles. The normalized spacial score (nSPS) is 11.5. The number of rotatable bonds is 16. The molecular formula is C16H36CoO8P2. The smallest absolute Gasteiger partial charge is 0.756 e. The van der Waals surface area contributed by atoms with Crippen molar-refractivity contribution < 1.29 is 53.8 Å². The van der Waals surface area contributed by atoms with Crippen LogP contribution in [0.3, 0.4) is 0 Å². The van der Waals surface area contributed by atoms with Gasteiger partial charge in [0.05, 0.1) is 26.4 Å². The fourth-order valence-corrected chi connectivity index (χ4v) is 2.92. The molecule has 0 unspecified atom stereocenters. The van der Waals surface area contributed by atoms with Gasteiger partial charge in [0.15, 0.2) is 0 Å². The predicted octanol–water partition coefficient (Wildman–Crippen LogP) is 4.17. The number of phosphoric ester groups is 2. The minimum absolute atomic E-state index is 0. The summed E-state index contributed by atoms with van der Waals surface area (Å²) in [6, 6.07) is 0. The van der Waals surface area contributed by atoms with Gasteiger partial charge in [-0.15, -0.1) is 0 Å². The molecule has 0 saturated carbocycles. The van der Waals surface area contributed by atoms with Gasteiger partial charge in [-0.2, -0.15) is 0 Å². The topological polar surface area (TPSA) is 117 Å². The van der Waals surface area contributed by atoms with E-state index in [1.165, 1.54) is 0 Å². The molecule has 0 N–H and O–H groups in total. The molecular weight excluding hydrogens is 441 g/mol. The van der Waals surface area contributed by atoms with Gasteiger partial charge < -0.3 is 27.9 Å². The number of hydrogen-bond donors (Lipinski definition) is 0. The largest absolute Gasteiger partial charge is 2.00 e. The maximum absolute atomic E-state index is 11.0. The Labute approximate surface area is 175 Å². The van der Waals surface area contributed by atoms with Gasteiger partial charge in [-0.3, -0.25) is 9.13 Å². The molecule has 27 heavy (non-hydrogen) atoms. The number of phosphoric acid groups is 2. The van der Waals surface area contributed by atoms with Gasteiger partial charge in [0.2, 0.25) is 0 Å². The van der Waals surface area contributed by atoms with E-state index in [9.17, 15) is 18.9 Å². The average molecular weight is 477 g/mol. The van der Waals surface area contributed by atoms with E-state index >= 15 is 0 Å². The van der Waals surface area contributed by atoms with E-state index in [0.29, 0.717) is 0 Å². The van der Waals surface area contributed by atoms with Crippen LogP contribution in [0.25, 0.3) is 0 Å². The van der Waals surface area contributed by atoms with Gasteiger partial charge >= 0.3 is 16.8 Å². The Morgan fingerprint density at radius 1 is 0.556 bits per heavy atom. The van der Waals surface area contributed by atoms with Crippen molar-refractivity contribution in [3.8, 4) is 0 Å².